The number of aromatic nitrogens is 2. The molecule has 4 amide bonds. The van der Waals surface area contributed by atoms with Crippen LogP contribution in [-0.2, 0) is 29.5 Å². The third-order valence-electron chi connectivity index (χ3n) is 6.02. The second-order valence-electron chi connectivity index (χ2n) is 8.45. The van der Waals surface area contributed by atoms with Crippen LogP contribution in [0, 0.1) is 13.8 Å². The minimum atomic E-state index is -1.17. The predicted octanol–water partition coefficient (Wildman–Crippen LogP) is 2.75. The van der Waals surface area contributed by atoms with Crippen molar-refractivity contribution in [2.24, 2.45) is 7.05 Å². The molecule has 1 aliphatic rings. The Labute approximate surface area is 192 Å². The summed E-state index contributed by atoms with van der Waals surface area (Å²) in [5, 5.41) is 9.98. The number of carbonyl (C=O) groups is 3. The van der Waals surface area contributed by atoms with Crippen LogP contribution in [0.25, 0.3) is 0 Å². The number of imide groups is 1. The molecule has 2 aromatic carbocycles. The Morgan fingerprint density at radius 3 is 2.00 bits per heavy atom. The minimum absolute atomic E-state index is 0.326. The van der Waals surface area contributed by atoms with Crippen molar-refractivity contribution in [3.8, 4) is 0 Å². The van der Waals surface area contributed by atoms with Gasteiger partial charge in [0, 0.05) is 19.9 Å². The number of hydrogen-bond donors (Lipinski definition) is 2. The molecule has 170 valence electrons. The number of urea groups is 1. The number of aryl methyl sites for hydroxylation is 2. The van der Waals surface area contributed by atoms with Gasteiger partial charge in [0.05, 0.1) is 17.1 Å². The van der Waals surface area contributed by atoms with Crippen LogP contribution in [0.1, 0.15) is 22.5 Å². The van der Waals surface area contributed by atoms with E-state index in [-0.39, 0.29) is 6.54 Å². The van der Waals surface area contributed by atoms with Gasteiger partial charge in [-0.3, -0.25) is 19.2 Å². The highest BCUT2D eigenvalue weighted by Crippen LogP contribution is 2.27. The van der Waals surface area contributed by atoms with E-state index in [9.17, 15) is 14.4 Å². The summed E-state index contributed by atoms with van der Waals surface area (Å²) in [6, 6.07) is 18.5. The monoisotopic (exact) mass is 445 g/mol. The minimum Gasteiger partial charge on any atom is -0.322 e. The molecule has 0 bridgehead atoms. The standard InChI is InChI=1S/C25H27N5O3/c1-17-22(18(2)29(3)28-17)26-21(31)16-30-23(32)25(27-24(30)33,14-19-10-6-4-7-11-19)15-20-12-8-5-9-13-20/h4-13H,14-16H2,1-3H3,(H,26,31)(H,27,33). The second-order valence-corrected chi connectivity index (χ2v) is 8.45. The van der Waals surface area contributed by atoms with E-state index in [4.69, 9.17) is 0 Å². The van der Waals surface area contributed by atoms with Crippen LogP contribution in [0.4, 0.5) is 10.5 Å². The summed E-state index contributed by atoms with van der Waals surface area (Å²) in [5.74, 6) is -0.858. The molecular weight excluding hydrogens is 418 g/mol. The largest absolute Gasteiger partial charge is 0.325 e. The fourth-order valence-electron chi connectivity index (χ4n) is 4.29. The van der Waals surface area contributed by atoms with E-state index in [2.05, 4.69) is 15.7 Å². The first-order chi connectivity index (χ1) is 15.8. The number of amides is 4. The number of hydrogen-bond acceptors (Lipinski definition) is 4. The fourth-order valence-corrected chi connectivity index (χ4v) is 4.29. The maximum absolute atomic E-state index is 13.6. The van der Waals surface area contributed by atoms with Gasteiger partial charge in [-0.1, -0.05) is 60.7 Å². The van der Waals surface area contributed by atoms with Gasteiger partial charge in [0.2, 0.25) is 5.91 Å². The highest BCUT2D eigenvalue weighted by Gasteiger charge is 2.51. The average molecular weight is 446 g/mol. The quantitative estimate of drug-likeness (QED) is 0.547. The van der Waals surface area contributed by atoms with Crippen LogP contribution < -0.4 is 10.6 Å². The van der Waals surface area contributed by atoms with E-state index in [1.807, 2.05) is 67.6 Å². The van der Waals surface area contributed by atoms with Gasteiger partial charge in [-0.05, 0) is 25.0 Å². The highest BCUT2D eigenvalue weighted by molar-refractivity contribution is 6.10. The number of anilines is 1. The zero-order valence-electron chi connectivity index (χ0n) is 19.0. The molecule has 33 heavy (non-hydrogen) atoms. The van der Waals surface area contributed by atoms with Crippen molar-refractivity contribution in [2.45, 2.75) is 32.2 Å². The van der Waals surface area contributed by atoms with Crippen LogP contribution in [0.2, 0.25) is 0 Å². The van der Waals surface area contributed by atoms with Gasteiger partial charge in [-0.25, -0.2) is 4.79 Å². The molecule has 8 nitrogen and oxygen atoms in total. The molecule has 0 aliphatic carbocycles. The van der Waals surface area contributed by atoms with E-state index in [1.54, 1.807) is 18.7 Å². The van der Waals surface area contributed by atoms with Crippen molar-refractivity contribution >= 4 is 23.5 Å². The Morgan fingerprint density at radius 1 is 0.970 bits per heavy atom. The molecule has 0 atom stereocenters. The third-order valence-corrected chi connectivity index (χ3v) is 6.02. The Kier molecular flexibility index (Phi) is 6.00. The lowest BCUT2D eigenvalue weighted by atomic mass is 9.84. The molecular formula is C25H27N5O3. The number of nitrogens with zero attached hydrogens (tertiary/aromatic N) is 3. The first-order valence-electron chi connectivity index (χ1n) is 10.8. The maximum Gasteiger partial charge on any atom is 0.325 e. The SMILES string of the molecule is Cc1nn(C)c(C)c1NC(=O)CN1C(=O)NC(Cc2ccccc2)(Cc2ccccc2)C1=O. The van der Waals surface area contributed by atoms with Crippen LogP contribution in [0.5, 0.6) is 0 Å². The van der Waals surface area contributed by atoms with Crippen LogP contribution in [0.15, 0.2) is 60.7 Å². The molecule has 1 aromatic heterocycles. The van der Waals surface area contributed by atoms with Crippen molar-refractivity contribution in [3.63, 3.8) is 0 Å². The fraction of sp³-hybridized carbons (Fsp3) is 0.280. The second kappa shape index (κ2) is 8.90. The van der Waals surface area contributed by atoms with Gasteiger partial charge < -0.3 is 10.6 Å². The van der Waals surface area contributed by atoms with Gasteiger partial charge in [-0.15, -0.1) is 0 Å². The lowest BCUT2D eigenvalue weighted by Gasteiger charge is -2.27. The lowest BCUT2D eigenvalue weighted by Crippen LogP contribution is -2.51. The topological polar surface area (TPSA) is 96.3 Å². The van der Waals surface area contributed by atoms with Crippen molar-refractivity contribution in [2.75, 3.05) is 11.9 Å². The maximum atomic E-state index is 13.6. The Morgan fingerprint density at radius 2 is 1.52 bits per heavy atom. The van der Waals surface area contributed by atoms with Crippen molar-refractivity contribution < 1.29 is 14.4 Å². The van der Waals surface area contributed by atoms with Crippen molar-refractivity contribution in [1.29, 1.82) is 0 Å². The highest BCUT2D eigenvalue weighted by atomic mass is 16.2. The molecule has 2 heterocycles. The molecule has 1 saturated heterocycles. The molecule has 1 fully saturated rings. The third kappa shape index (κ3) is 4.50. The van der Waals surface area contributed by atoms with Gasteiger partial charge in [0.1, 0.15) is 12.1 Å². The molecule has 1 aliphatic heterocycles. The van der Waals surface area contributed by atoms with Gasteiger partial charge in [-0.2, -0.15) is 5.10 Å². The van der Waals surface area contributed by atoms with E-state index in [1.165, 1.54) is 0 Å². The molecule has 0 spiro atoms. The zero-order chi connectivity index (χ0) is 23.6. The van der Waals surface area contributed by atoms with E-state index < -0.39 is 23.4 Å². The number of benzene rings is 2. The number of rotatable bonds is 7. The average Bonchev–Trinajstić information content (AvgIpc) is 3.16. The first-order valence-corrected chi connectivity index (χ1v) is 10.8. The summed E-state index contributed by atoms with van der Waals surface area (Å²) >= 11 is 0. The van der Waals surface area contributed by atoms with Crippen molar-refractivity contribution in [3.05, 3.63) is 83.2 Å². The van der Waals surface area contributed by atoms with E-state index in [0.717, 1.165) is 21.7 Å². The van der Waals surface area contributed by atoms with Crippen LogP contribution >= 0.6 is 0 Å². The summed E-state index contributed by atoms with van der Waals surface area (Å²) in [4.78, 5) is 40.3. The predicted molar refractivity (Wildman–Crippen MR) is 125 cm³/mol. The summed E-state index contributed by atoms with van der Waals surface area (Å²) in [5.41, 5.74) is 2.74. The molecule has 0 unspecified atom stereocenters. The summed E-state index contributed by atoms with van der Waals surface area (Å²) in [6.45, 7) is 3.26. The molecule has 8 heteroatoms. The van der Waals surface area contributed by atoms with Gasteiger partial charge in [0.25, 0.3) is 5.91 Å². The summed E-state index contributed by atoms with van der Waals surface area (Å²) < 4.78 is 1.67. The van der Waals surface area contributed by atoms with E-state index >= 15 is 0 Å². The smallest absolute Gasteiger partial charge is 0.322 e. The number of carbonyl (C=O) groups excluding carboxylic acids is 3. The molecule has 2 N–H and O–H groups in total. The normalized spacial score (nSPS) is 14.9. The number of nitrogens with one attached hydrogen (secondary N) is 2. The molecule has 0 radical (unpaired) electrons. The van der Waals surface area contributed by atoms with Crippen molar-refractivity contribution in [1.82, 2.24) is 20.0 Å². The Balaban J connectivity index is 1.58. The Hall–Kier alpha value is -3.94. The van der Waals surface area contributed by atoms with Gasteiger partial charge >= 0.3 is 6.03 Å². The van der Waals surface area contributed by atoms with E-state index in [0.29, 0.717) is 24.2 Å². The molecule has 4 rings (SSSR count). The Bertz CT molecular complexity index is 1150. The molecule has 3 aromatic rings. The first kappa shape index (κ1) is 22.3. The summed E-state index contributed by atoms with van der Waals surface area (Å²) in [7, 11) is 1.79. The lowest BCUT2D eigenvalue weighted by molar-refractivity contribution is -0.133. The van der Waals surface area contributed by atoms with Crippen LogP contribution in [0.3, 0.4) is 0 Å². The summed E-state index contributed by atoms with van der Waals surface area (Å²) in [6.07, 6.45) is 0.651. The van der Waals surface area contributed by atoms with Crippen LogP contribution in [-0.4, -0.2) is 44.6 Å². The molecule has 0 saturated carbocycles. The zero-order valence-corrected chi connectivity index (χ0v) is 19.0. The van der Waals surface area contributed by atoms with Gasteiger partial charge in [0.15, 0.2) is 0 Å².